The number of carbonyl (C=O) groups is 2. The summed E-state index contributed by atoms with van der Waals surface area (Å²) in [7, 11) is 0. The second-order valence-electron chi connectivity index (χ2n) is 8.93. The second-order valence-corrected chi connectivity index (χ2v) is 9.98. The maximum Gasteiger partial charge on any atom is 0.243 e. The van der Waals surface area contributed by atoms with E-state index in [1.165, 1.54) is 11.3 Å². The van der Waals surface area contributed by atoms with Gasteiger partial charge in [-0.1, -0.05) is 25.0 Å². The summed E-state index contributed by atoms with van der Waals surface area (Å²) < 4.78 is 6.48. The lowest BCUT2D eigenvalue weighted by Gasteiger charge is -2.28. The van der Waals surface area contributed by atoms with Crippen LogP contribution in [0.1, 0.15) is 38.5 Å². The number of aromatic amines is 1. The Morgan fingerprint density at radius 1 is 1.08 bits per heavy atom. The maximum atomic E-state index is 12.6. The van der Waals surface area contributed by atoms with E-state index in [9.17, 15) is 9.59 Å². The number of hydrogen-bond acceptors (Lipinski definition) is 9. The summed E-state index contributed by atoms with van der Waals surface area (Å²) in [5.41, 5.74) is 4.24. The zero-order valence-electron chi connectivity index (χ0n) is 20.3. The van der Waals surface area contributed by atoms with Crippen LogP contribution in [0.25, 0.3) is 32.5 Å². The zero-order chi connectivity index (χ0) is 25.6. The Labute approximate surface area is 217 Å². The molecule has 0 atom stereocenters. The van der Waals surface area contributed by atoms with Crippen molar-refractivity contribution in [2.75, 3.05) is 36.5 Å². The van der Waals surface area contributed by atoms with Crippen LogP contribution < -0.4 is 15.7 Å². The molecule has 194 valence electrons. The number of unbranched alkanes of at least 4 members (excludes halogenated alkanes) is 3. The van der Waals surface area contributed by atoms with Crippen molar-refractivity contribution in [3.8, 4) is 11.4 Å². The van der Waals surface area contributed by atoms with Crippen molar-refractivity contribution in [2.45, 2.75) is 38.5 Å². The van der Waals surface area contributed by atoms with Crippen LogP contribution in [0, 0.1) is 0 Å². The highest BCUT2D eigenvalue weighted by Crippen LogP contribution is 2.38. The average Bonchev–Trinajstić information content (AvgIpc) is 3.57. The molecular formula is C25H29N7O4S. The number of fused-ring (bicyclic) bond motifs is 2. The number of rotatable bonds is 10. The topological polar surface area (TPSA) is 145 Å². The first-order chi connectivity index (χ1) is 18.1. The molecule has 12 heteroatoms. The SMILES string of the molecule is O=C(CCCCCCC(=O)Nc1cc2nc(-c3cccc4[nH]ncc34)nc(N3CCOCC3)c2s1)NO. The summed E-state index contributed by atoms with van der Waals surface area (Å²) in [5, 5.41) is 20.4. The molecule has 0 spiro atoms. The minimum atomic E-state index is -0.383. The van der Waals surface area contributed by atoms with E-state index >= 15 is 0 Å². The Morgan fingerprint density at radius 2 is 1.86 bits per heavy atom. The summed E-state index contributed by atoms with van der Waals surface area (Å²) in [5.74, 6) is 1.03. The molecule has 0 aliphatic carbocycles. The number of aromatic nitrogens is 4. The summed E-state index contributed by atoms with van der Waals surface area (Å²) in [4.78, 5) is 35.7. The Hall–Kier alpha value is -3.61. The molecule has 5 rings (SSSR count). The number of hydroxylamine groups is 1. The van der Waals surface area contributed by atoms with Crippen LogP contribution >= 0.6 is 11.3 Å². The van der Waals surface area contributed by atoms with Crippen LogP contribution in [0.2, 0.25) is 0 Å². The lowest BCUT2D eigenvalue weighted by molar-refractivity contribution is -0.129. The molecule has 1 fully saturated rings. The summed E-state index contributed by atoms with van der Waals surface area (Å²) in [6, 6.07) is 7.83. The van der Waals surface area contributed by atoms with Crippen molar-refractivity contribution in [2.24, 2.45) is 0 Å². The number of ether oxygens (including phenoxy) is 1. The van der Waals surface area contributed by atoms with Gasteiger partial charge in [0.1, 0.15) is 0 Å². The highest BCUT2D eigenvalue weighted by atomic mass is 32.1. The molecule has 0 saturated carbocycles. The number of anilines is 2. The van der Waals surface area contributed by atoms with Crippen molar-refractivity contribution in [1.29, 1.82) is 0 Å². The van der Waals surface area contributed by atoms with Gasteiger partial charge >= 0.3 is 0 Å². The van der Waals surface area contributed by atoms with Gasteiger partial charge in [-0.2, -0.15) is 5.10 Å². The molecule has 4 N–H and O–H groups in total. The smallest absolute Gasteiger partial charge is 0.243 e. The van der Waals surface area contributed by atoms with Crippen LogP contribution in [0.3, 0.4) is 0 Å². The van der Waals surface area contributed by atoms with Gasteiger partial charge in [-0.3, -0.25) is 19.9 Å². The molecule has 3 aromatic heterocycles. The Kier molecular flexibility index (Phi) is 7.87. The molecule has 4 heterocycles. The molecule has 0 unspecified atom stereocenters. The minimum absolute atomic E-state index is 0.0519. The van der Waals surface area contributed by atoms with Crippen molar-refractivity contribution in [1.82, 2.24) is 25.6 Å². The van der Waals surface area contributed by atoms with Gasteiger partial charge in [0.15, 0.2) is 11.6 Å². The van der Waals surface area contributed by atoms with Gasteiger partial charge < -0.3 is 15.0 Å². The fourth-order valence-corrected chi connectivity index (χ4v) is 5.46. The molecule has 1 aliphatic rings. The maximum absolute atomic E-state index is 12.6. The second kappa shape index (κ2) is 11.6. The largest absolute Gasteiger partial charge is 0.378 e. The molecular weight excluding hydrogens is 494 g/mol. The number of morpholine rings is 1. The van der Waals surface area contributed by atoms with Crippen molar-refractivity contribution in [3.05, 3.63) is 30.5 Å². The summed E-state index contributed by atoms with van der Waals surface area (Å²) in [6.07, 6.45) is 5.55. The molecule has 0 radical (unpaired) electrons. The Balaban J connectivity index is 1.34. The fourth-order valence-electron chi connectivity index (χ4n) is 4.43. The van der Waals surface area contributed by atoms with Gasteiger partial charge in [-0.05, 0) is 25.0 Å². The van der Waals surface area contributed by atoms with Gasteiger partial charge in [0.05, 0.1) is 40.1 Å². The van der Waals surface area contributed by atoms with Crippen molar-refractivity contribution >= 4 is 55.1 Å². The predicted molar refractivity (Wildman–Crippen MR) is 142 cm³/mol. The number of H-pyrrole nitrogens is 1. The zero-order valence-corrected chi connectivity index (χ0v) is 21.1. The Morgan fingerprint density at radius 3 is 2.65 bits per heavy atom. The third-order valence-electron chi connectivity index (χ3n) is 6.34. The fraction of sp³-hybridized carbons (Fsp3) is 0.400. The van der Waals surface area contributed by atoms with Gasteiger partial charge in [0.25, 0.3) is 0 Å². The van der Waals surface area contributed by atoms with E-state index in [-0.39, 0.29) is 18.2 Å². The third-order valence-corrected chi connectivity index (χ3v) is 7.37. The van der Waals surface area contributed by atoms with E-state index in [0.29, 0.717) is 31.9 Å². The van der Waals surface area contributed by atoms with Crippen LogP contribution in [-0.2, 0) is 14.3 Å². The molecule has 0 bridgehead atoms. The first kappa shape index (κ1) is 25.1. The number of benzene rings is 1. The quantitative estimate of drug-likeness (QED) is 0.139. The van der Waals surface area contributed by atoms with Crippen LogP contribution in [0.4, 0.5) is 10.8 Å². The number of carbonyl (C=O) groups excluding carboxylic acids is 2. The van der Waals surface area contributed by atoms with Gasteiger partial charge in [-0.25, -0.2) is 15.4 Å². The molecule has 1 saturated heterocycles. The monoisotopic (exact) mass is 523 g/mol. The van der Waals surface area contributed by atoms with Crippen molar-refractivity contribution < 1.29 is 19.5 Å². The van der Waals surface area contributed by atoms with E-state index in [2.05, 4.69) is 20.4 Å². The standard InChI is InChI=1S/C25H29N7O4S/c33-20(8-3-1-2-4-9-21(34)31-35)28-22-14-19-23(37-22)25(32-10-12-36-13-11-32)29-24(27-19)16-6-5-7-18-17(16)15-26-30-18/h5-7,14-15,35H,1-4,8-13H2,(H,26,30)(H,28,33)(H,31,34). The van der Waals surface area contributed by atoms with E-state index in [1.54, 1.807) is 11.7 Å². The van der Waals surface area contributed by atoms with Crippen LogP contribution in [0.15, 0.2) is 30.5 Å². The Bertz CT molecular complexity index is 1400. The van der Waals surface area contributed by atoms with Gasteiger partial charge in [0, 0.05) is 36.9 Å². The summed E-state index contributed by atoms with van der Waals surface area (Å²) in [6.45, 7) is 2.75. The predicted octanol–water partition coefficient (Wildman–Crippen LogP) is 3.86. The van der Waals surface area contributed by atoms with Crippen molar-refractivity contribution in [3.63, 3.8) is 0 Å². The molecule has 1 aliphatic heterocycles. The van der Waals surface area contributed by atoms with E-state index in [0.717, 1.165) is 69.9 Å². The first-order valence-electron chi connectivity index (χ1n) is 12.4. The highest BCUT2D eigenvalue weighted by molar-refractivity contribution is 7.23. The number of nitrogens with zero attached hydrogens (tertiary/aromatic N) is 4. The van der Waals surface area contributed by atoms with E-state index in [1.807, 2.05) is 24.3 Å². The molecule has 37 heavy (non-hydrogen) atoms. The lowest BCUT2D eigenvalue weighted by Crippen LogP contribution is -2.36. The molecule has 1 aromatic carbocycles. The van der Waals surface area contributed by atoms with Gasteiger partial charge in [0.2, 0.25) is 11.8 Å². The number of amides is 2. The first-order valence-corrected chi connectivity index (χ1v) is 13.2. The summed E-state index contributed by atoms with van der Waals surface area (Å²) >= 11 is 1.48. The number of nitrogens with one attached hydrogen (secondary N) is 3. The molecule has 4 aromatic rings. The average molecular weight is 524 g/mol. The number of thiophene rings is 1. The van der Waals surface area contributed by atoms with Crippen LogP contribution in [0.5, 0.6) is 0 Å². The molecule has 11 nitrogen and oxygen atoms in total. The normalized spacial score (nSPS) is 13.8. The lowest BCUT2D eigenvalue weighted by atomic mass is 10.1. The number of hydrogen-bond donors (Lipinski definition) is 4. The highest BCUT2D eigenvalue weighted by Gasteiger charge is 2.21. The van der Waals surface area contributed by atoms with Gasteiger partial charge in [-0.15, -0.1) is 11.3 Å². The van der Waals surface area contributed by atoms with E-state index < -0.39 is 0 Å². The molecule has 2 amide bonds. The van der Waals surface area contributed by atoms with E-state index in [4.69, 9.17) is 19.9 Å². The third kappa shape index (κ3) is 5.87. The van der Waals surface area contributed by atoms with Crippen LogP contribution in [-0.4, -0.2) is 63.5 Å². The minimum Gasteiger partial charge on any atom is -0.378 e.